The van der Waals surface area contributed by atoms with Crippen LogP contribution < -0.4 is 0 Å². The molecule has 0 saturated carbocycles. The van der Waals surface area contributed by atoms with Crippen molar-refractivity contribution in [2.75, 3.05) is 26.8 Å². The minimum atomic E-state index is -2.57. The standard InChI is InChI=1S/C16H20F2N2O2/c1-10-11(2)19-14-5-4-12(8-13(10)14)16(21)20(6-7-22-3)9-15(17)18/h4-5,8,15,19H,6-7,9H2,1-3H3. The molecule has 120 valence electrons. The average molecular weight is 310 g/mol. The number of amides is 1. The lowest BCUT2D eigenvalue weighted by atomic mass is 10.1. The molecule has 0 saturated heterocycles. The van der Waals surface area contributed by atoms with Gasteiger partial charge in [0, 0.05) is 35.8 Å². The number of alkyl halides is 2. The van der Waals surface area contributed by atoms with Crippen LogP contribution in [-0.2, 0) is 4.74 Å². The summed E-state index contributed by atoms with van der Waals surface area (Å²) < 4.78 is 30.2. The first-order chi connectivity index (χ1) is 10.4. The molecule has 4 nitrogen and oxygen atoms in total. The lowest BCUT2D eigenvalue weighted by molar-refractivity contribution is 0.0478. The van der Waals surface area contributed by atoms with Crippen LogP contribution in [0.3, 0.4) is 0 Å². The highest BCUT2D eigenvalue weighted by molar-refractivity contribution is 5.99. The van der Waals surface area contributed by atoms with Crippen LogP contribution in [0.15, 0.2) is 18.2 Å². The van der Waals surface area contributed by atoms with Crippen molar-refractivity contribution in [3.05, 3.63) is 35.0 Å². The van der Waals surface area contributed by atoms with Crippen LogP contribution in [-0.4, -0.2) is 49.0 Å². The third kappa shape index (κ3) is 3.44. The van der Waals surface area contributed by atoms with Crippen molar-refractivity contribution in [1.82, 2.24) is 9.88 Å². The van der Waals surface area contributed by atoms with Gasteiger partial charge in [-0.15, -0.1) is 0 Å². The Morgan fingerprint density at radius 1 is 1.36 bits per heavy atom. The van der Waals surface area contributed by atoms with Gasteiger partial charge in [0.2, 0.25) is 0 Å². The lowest BCUT2D eigenvalue weighted by Gasteiger charge is -2.22. The molecule has 2 rings (SSSR count). The quantitative estimate of drug-likeness (QED) is 0.891. The van der Waals surface area contributed by atoms with E-state index in [2.05, 4.69) is 4.98 Å². The van der Waals surface area contributed by atoms with E-state index in [4.69, 9.17) is 4.74 Å². The molecule has 0 aliphatic rings. The van der Waals surface area contributed by atoms with Crippen LogP contribution >= 0.6 is 0 Å². The molecule has 0 radical (unpaired) electrons. The third-order valence-electron chi connectivity index (χ3n) is 3.77. The Morgan fingerprint density at radius 2 is 2.09 bits per heavy atom. The van der Waals surface area contributed by atoms with Crippen LogP contribution in [0.4, 0.5) is 8.78 Å². The van der Waals surface area contributed by atoms with E-state index in [9.17, 15) is 13.6 Å². The number of carbonyl (C=O) groups is 1. The predicted octanol–water partition coefficient (Wildman–Crippen LogP) is 3.14. The van der Waals surface area contributed by atoms with Gasteiger partial charge < -0.3 is 14.6 Å². The van der Waals surface area contributed by atoms with Gasteiger partial charge in [-0.2, -0.15) is 0 Å². The number of hydrogen-bond donors (Lipinski definition) is 1. The molecule has 6 heteroatoms. The number of benzene rings is 1. The average Bonchev–Trinajstić information content (AvgIpc) is 2.77. The number of halogens is 2. The van der Waals surface area contributed by atoms with E-state index in [1.54, 1.807) is 18.2 Å². The number of nitrogens with zero attached hydrogens (tertiary/aromatic N) is 1. The van der Waals surface area contributed by atoms with Crippen LogP contribution in [0.1, 0.15) is 21.6 Å². The summed E-state index contributed by atoms with van der Waals surface area (Å²) in [4.78, 5) is 16.8. The number of H-pyrrole nitrogens is 1. The van der Waals surface area contributed by atoms with Gasteiger partial charge in [-0.25, -0.2) is 8.78 Å². The fraction of sp³-hybridized carbons (Fsp3) is 0.438. The Kier molecular flexibility index (Phi) is 5.13. The maximum Gasteiger partial charge on any atom is 0.255 e. The van der Waals surface area contributed by atoms with E-state index in [1.165, 1.54) is 7.11 Å². The normalized spacial score (nSPS) is 11.4. The highest BCUT2D eigenvalue weighted by Gasteiger charge is 2.20. The number of nitrogens with one attached hydrogen (secondary N) is 1. The number of carbonyl (C=O) groups excluding carboxylic acids is 1. The van der Waals surface area contributed by atoms with Crippen molar-refractivity contribution in [2.45, 2.75) is 20.3 Å². The topological polar surface area (TPSA) is 45.3 Å². The monoisotopic (exact) mass is 310 g/mol. The zero-order chi connectivity index (χ0) is 16.3. The molecule has 0 aliphatic heterocycles. The largest absolute Gasteiger partial charge is 0.383 e. The highest BCUT2D eigenvalue weighted by Crippen LogP contribution is 2.23. The Bertz CT molecular complexity index is 667. The highest BCUT2D eigenvalue weighted by atomic mass is 19.3. The Morgan fingerprint density at radius 3 is 2.73 bits per heavy atom. The van der Waals surface area contributed by atoms with Crippen LogP contribution in [0.2, 0.25) is 0 Å². The summed E-state index contributed by atoms with van der Waals surface area (Å²) in [6, 6.07) is 5.21. The van der Waals surface area contributed by atoms with Crippen molar-refractivity contribution in [3.8, 4) is 0 Å². The minimum absolute atomic E-state index is 0.142. The maximum atomic E-state index is 12.7. The van der Waals surface area contributed by atoms with Gasteiger partial charge in [0.15, 0.2) is 0 Å². The molecule has 0 unspecified atom stereocenters. The van der Waals surface area contributed by atoms with Crippen molar-refractivity contribution in [3.63, 3.8) is 0 Å². The van der Waals surface area contributed by atoms with Crippen molar-refractivity contribution in [1.29, 1.82) is 0 Å². The number of methoxy groups -OCH3 is 1. The number of aromatic nitrogens is 1. The summed E-state index contributed by atoms with van der Waals surface area (Å²) in [5.74, 6) is -0.405. The van der Waals surface area contributed by atoms with Gasteiger partial charge in [-0.1, -0.05) is 0 Å². The molecule has 0 fully saturated rings. The van der Waals surface area contributed by atoms with Gasteiger partial charge in [-0.3, -0.25) is 4.79 Å². The summed E-state index contributed by atoms with van der Waals surface area (Å²) in [6.07, 6.45) is -2.57. The van der Waals surface area contributed by atoms with Gasteiger partial charge in [-0.05, 0) is 37.6 Å². The first kappa shape index (κ1) is 16.4. The van der Waals surface area contributed by atoms with Gasteiger partial charge in [0.1, 0.15) is 0 Å². The van der Waals surface area contributed by atoms with Crippen molar-refractivity contribution in [2.24, 2.45) is 0 Å². The van der Waals surface area contributed by atoms with E-state index < -0.39 is 18.9 Å². The molecule has 0 atom stereocenters. The summed E-state index contributed by atoms with van der Waals surface area (Å²) in [5.41, 5.74) is 3.43. The zero-order valence-corrected chi connectivity index (χ0v) is 13.0. The van der Waals surface area contributed by atoms with Gasteiger partial charge in [0.05, 0.1) is 13.2 Å². The van der Waals surface area contributed by atoms with E-state index in [0.717, 1.165) is 27.1 Å². The molecule has 0 spiro atoms. The van der Waals surface area contributed by atoms with Crippen LogP contribution in [0.25, 0.3) is 10.9 Å². The minimum Gasteiger partial charge on any atom is -0.383 e. The summed E-state index contributed by atoms with van der Waals surface area (Å²) >= 11 is 0. The number of fused-ring (bicyclic) bond motifs is 1. The molecule has 1 aromatic carbocycles. The van der Waals surface area contributed by atoms with E-state index in [1.807, 2.05) is 13.8 Å². The molecule has 0 aliphatic carbocycles. The zero-order valence-electron chi connectivity index (χ0n) is 13.0. The smallest absolute Gasteiger partial charge is 0.255 e. The lowest BCUT2D eigenvalue weighted by Crippen LogP contribution is -2.37. The fourth-order valence-corrected chi connectivity index (χ4v) is 2.42. The Labute approximate surface area is 128 Å². The van der Waals surface area contributed by atoms with Gasteiger partial charge in [0.25, 0.3) is 12.3 Å². The second kappa shape index (κ2) is 6.87. The van der Waals surface area contributed by atoms with E-state index >= 15 is 0 Å². The SMILES string of the molecule is COCCN(CC(F)F)C(=O)c1ccc2[nH]c(C)c(C)c2c1. The first-order valence-electron chi connectivity index (χ1n) is 7.09. The molecule has 0 bridgehead atoms. The predicted molar refractivity (Wildman–Crippen MR) is 81.6 cm³/mol. The van der Waals surface area contributed by atoms with Crippen molar-refractivity contribution < 1.29 is 18.3 Å². The second-order valence-electron chi connectivity index (χ2n) is 5.27. The molecule has 1 amide bonds. The molecule has 1 aromatic heterocycles. The molecule has 1 N–H and O–H groups in total. The molecule has 22 heavy (non-hydrogen) atoms. The van der Waals surface area contributed by atoms with Gasteiger partial charge >= 0.3 is 0 Å². The molecule has 1 heterocycles. The fourth-order valence-electron chi connectivity index (χ4n) is 2.42. The van der Waals surface area contributed by atoms with Crippen LogP contribution in [0, 0.1) is 13.8 Å². The number of rotatable bonds is 6. The first-order valence-corrected chi connectivity index (χ1v) is 7.09. The summed E-state index contributed by atoms with van der Waals surface area (Å²) in [7, 11) is 1.48. The summed E-state index contributed by atoms with van der Waals surface area (Å²) in [5, 5.41) is 0.937. The Balaban J connectivity index is 2.30. The third-order valence-corrected chi connectivity index (χ3v) is 3.77. The molecular formula is C16H20F2N2O2. The maximum absolute atomic E-state index is 12.7. The molecular weight excluding hydrogens is 290 g/mol. The Hall–Kier alpha value is -1.95. The van der Waals surface area contributed by atoms with E-state index in [-0.39, 0.29) is 13.2 Å². The number of aromatic amines is 1. The summed E-state index contributed by atoms with van der Waals surface area (Å²) in [6.45, 7) is 3.69. The number of hydrogen-bond acceptors (Lipinski definition) is 2. The van der Waals surface area contributed by atoms with Crippen LogP contribution in [0.5, 0.6) is 0 Å². The number of aryl methyl sites for hydroxylation is 2. The second-order valence-corrected chi connectivity index (χ2v) is 5.27. The van der Waals surface area contributed by atoms with E-state index in [0.29, 0.717) is 5.56 Å². The van der Waals surface area contributed by atoms with Crippen molar-refractivity contribution >= 4 is 16.8 Å². The number of ether oxygens (including phenoxy) is 1. The molecule has 2 aromatic rings.